The van der Waals surface area contributed by atoms with E-state index in [1.807, 2.05) is 0 Å². The molecular formula is C21H29NO3. The van der Waals surface area contributed by atoms with Crippen LogP contribution in [0, 0.1) is 17.3 Å². The number of hydrogen-bond donors (Lipinski definition) is 1. The summed E-state index contributed by atoms with van der Waals surface area (Å²) < 4.78 is 5.49. The molecule has 0 spiro atoms. The fraction of sp³-hybridized carbons (Fsp3) is 0.714. The summed E-state index contributed by atoms with van der Waals surface area (Å²) in [6.45, 7) is 6.13. The van der Waals surface area contributed by atoms with Crippen LogP contribution >= 0.6 is 0 Å². The van der Waals surface area contributed by atoms with Gasteiger partial charge in [0.15, 0.2) is 0 Å². The van der Waals surface area contributed by atoms with Crippen LogP contribution in [0.15, 0.2) is 23.3 Å². The topological polar surface area (TPSA) is 55.4 Å². The van der Waals surface area contributed by atoms with Crippen molar-refractivity contribution < 1.29 is 14.3 Å². The van der Waals surface area contributed by atoms with E-state index in [0.717, 1.165) is 38.5 Å². The number of hydrogen-bond acceptors (Lipinski definition) is 3. The molecule has 4 nitrogen and oxygen atoms in total. The van der Waals surface area contributed by atoms with Crippen molar-refractivity contribution in [2.75, 3.05) is 0 Å². The maximum atomic E-state index is 11.9. The average Bonchev–Trinajstić information content (AvgIpc) is 2.53. The van der Waals surface area contributed by atoms with Gasteiger partial charge >= 0.3 is 5.97 Å². The largest absolute Gasteiger partial charge is 0.462 e. The number of rotatable bonds is 1. The molecular weight excluding hydrogens is 314 g/mol. The van der Waals surface area contributed by atoms with Crippen LogP contribution in [0.1, 0.15) is 65.7 Å². The van der Waals surface area contributed by atoms with Crippen LogP contribution < -0.4 is 5.32 Å². The third kappa shape index (κ3) is 2.65. The monoisotopic (exact) mass is 343 g/mol. The van der Waals surface area contributed by atoms with Crippen LogP contribution in [0.25, 0.3) is 0 Å². The maximum Gasteiger partial charge on any atom is 0.302 e. The van der Waals surface area contributed by atoms with Crippen molar-refractivity contribution in [3.05, 3.63) is 23.3 Å². The molecule has 0 radical (unpaired) electrons. The van der Waals surface area contributed by atoms with Crippen LogP contribution in [0.3, 0.4) is 0 Å². The van der Waals surface area contributed by atoms with Crippen LogP contribution in [-0.4, -0.2) is 23.5 Å². The third-order valence-electron chi connectivity index (χ3n) is 7.36. The molecule has 0 bridgehead atoms. The molecule has 1 heterocycles. The highest BCUT2D eigenvalue weighted by atomic mass is 16.5. The van der Waals surface area contributed by atoms with Gasteiger partial charge in [0.25, 0.3) is 0 Å². The lowest BCUT2D eigenvalue weighted by Gasteiger charge is -2.56. The number of piperidine rings is 1. The quantitative estimate of drug-likeness (QED) is 0.739. The zero-order chi connectivity index (χ0) is 17.8. The van der Waals surface area contributed by atoms with Gasteiger partial charge in [-0.15, -0.1) is 0 Å². The molecule has 3 fully saturated rings. The molecule has 1 amide bonds. The average molecular weight is 343 g/mol. The van der Waals surface area contributed by atoms with Gasteiger partial charge in [-0.3, -0.25) is 9.59 Å². The summed E-state index contributed by atoms with van der Waals surface area (Å²) in [6.07, 6.45) is 11.4. The maximum absolute atomic E-state index is 11.9. The fourth-order valence-corrected chi connectivity index (χ4v) is 6.00. The van der Waals surface area contributed by atoms with Crippen molar-refractivity contribution in [3.63, 3.8) is 0 Å². The van der Waals surface area contributed by atoms with E-state index in [1.54, 1.807) is 5.57 Å². The van der Waals surface area contributed by atoms with Gasteiger partial charge in [-0.1, -0.05) is 30.2 Å². The number of esters is 1. The summed E-state index contributed by atoms with van der Waals surface area (Å²) in [5, 5.41) is 3.28. The van der Waals surface area contributed by atoms with Gasteiger partial charge in [0, 0.05) is 31.2 Å². The molecule has 3 aliphatic carbocycles. The second-order valence-corrected chi connectivity index (χ2v) is 8.90. The molecule has 2 saturated carbocycles. The number of allylic oxidation sites excluding steroid dienone is 2. The summed E-state index contributed by atoms with van der Waals surface area (Å²) in [4.78, 5) is 23.2. The summed E-state index contributed by atoms with van der Waals surface area (Å²) >= 11 is 0. The number of carbonyl (C=O) groups excluding carboxylic acids is 2. The lowest BCUT2D eigenvalue weighted by molar-refractivity contribution is -0.148. The van der Waals surface area contributed by atoms with Crippen molar-refractivity contribution in [2.45, 2.75) is 77.4 Å². The van der Waals surface area contributed by atoms with Crippen LogP contribution in [0.5, 0.6) is 0 Å². The van der Waals surface area contributed by atoms with Crippen molar-refractivity contribution in [2.24, 2.45) is 17.3 Å². The van der Waals surface area contributed by atoms with Gasteiger partial charge in [0.05, 0.1) is 0 Å². The first-order valence-electron chi connectivity index (χ1n) is 9.71. The zero-order valence-corrected chi connectivity index (χ0v) is 15.6. The molecule has 0 aromatic rings. The molecule has 0 aromatic heterocycles. The minimum atomic E-state index is -0.173. The SMILES string of the molecule is CC(=O)O[C@@H]1CC[C@]2(C)C(=CC=C3[C@H]4CCC(=O)N[C@]4(C)CC[C@H]32)C1. The number of carbonyl (C=O) groups is 2. The predicted octanol–water partition coefficient (Wildman–Crippen LogP) is 3.67. The van der Waals surface area contributed by atoms with Crippen LogP contribution in [-0.2, 0) is 14.3 Å². The number of ether oxygens (including phenoxy) is 1. The number of amides is 1. The van der Waals surface area contributed by atoms with Gasteiger partial charge in [-0.25, -0.2) is 0 Å². The Hall–Kier alpha value is -1.58. The lowest BCUT2D eigenvalue weighted by atomic mass is 9.51. The van der Waals surface area contributed by atoms with E-state index in [1.165, 1.54) is 12.5 Å². The first-order valence-corrected chi connectivity index (χ1v) is 9.71. The summed E-state index contributed by atoms with van der Waals surface area (Å²) in [5.74, 6) is 1.06. The van der Waals surface area contributed by atoms with E-state index in [2.05, 4.69) is 31.3 Å². The smallest absolute Gasteiger partial charge is 0.302 e. The van der Waals surface area contributed by atoms with Gasteiger partial charge in [-0.05, 0) is 50.4 Å². The highest BCUT2D eigenvalue weighted by molar-refractivity contribution is 5.78. The van der Waals surface area contributed by atoms with E-state index < -0.39 is 0 Å². The molecule has 1 saturated heterocycles. The van der Waals surface area contributed by atoms with E-state index in [4.69, 9.17) is 4.74 Å². The third-order valence-corrected chi connectivity index (χ3v) is 7.36. The van der Waals surface area contributed by atoms with Crippen LogP contribution in [0.4, 0.5) is 0 Å². The Morgan fingerprint density at radius 1 is 1.16 bits per heavy atom. The highest BCUT2D eigenvalue weighted by Gasteiger charge is 2.53. The first kappa shape index (κ1) is 16.9. The lowest BCUT2D eigenvalue weighted by Crippen LogP contribution is -2.60. The van der Waals surface area contributed by atoms with Gasteiger partial charge in [0.1, 0.15) is 6.10 Å². The Balaban J connectivity index is 1.63. The molecule has 0 unspecified atom stereocenters. The molecule has 4 rings (SSSR count). The Morgan fingerprint density at radius 3 is 2.72 bits per heavy atom. The fourth-order valence-electron chi connectivity index (χ4n) is 6.00. The van der Waals surface area contributed by atoms with Gasteiger partial charge in [0.2, 0.25) is 5.91 Å². The molecule has 136 valence electrons. The second kappa shape index (κ2) is 5.72. The van der Waals surface area contributed by atoms with Crippen molar-refractivity contribution >= 4 is 11.9 Å². The molecule has 1 aliphatic heterocycles. The minimum absolute atomic E-state index is 0.0367. The van der Waals surface area contributed by atoms with Gasteiger partial charge < -0.3 is 10.1 Å². The standard InChI is InChI=1S/C21H29NO3/c1-13(23)25-15-8-10-20(2)14(12-15)4-5-16-17(20)9-11-21(3)18(16)6-7-19(24)22-21/h4-5,15,17-18H,6-12H2,1-3H3,(H,22,24)/t15-,17-,18-,20-,21-/m1/s1. The predicted molar refractivity (Wildman–Crippen MR) is 95.7 cm³/mol. The van der Waals surface area contributed by atoms with E-state index in [0.29, 0.717) is 18.3 Å². The van der Waals surface area contributed by atoms with Gasteiger partial charge in [-0.2, -0.15) is 0 Å². The second-order valence-electron chi connectivity index (χ2n) is 8.90. The molecule has 5 atom stereocenters. The van der Waals surface area contributed by atoms with Crippen molar-refractivity contribution in [1.29, 1.82) is 0 Å². The highest BCUT2D eigenvalue weighted by Crippen LogP contribution is 2.59. The van der Waals surface area contributed by atoms with Crippen LogP contribution in [0.2, 0.25) is 0 Å². The molecule has 4 heteroatoms. The van der Waals surface area contributed by atoms with E-state index >= 15 is 0 Å². The first-order chi connectivity index (χ1) is 11.8. The molecule has 25 heavy (non-hydrogen) atoms. The molecule has 1 N–H and O–H groups in total. The molecule has 4 aliphatic rings. The Morgan fingerprint density at radius 2 is 1.96 bits per heavy atom. The Bertz CT molecular complexity index is 679. The zero-order valence-electron chi connectivity index (χ0n) is 15.6. The normalized spacial score (nSPS) is 42.8. The minimum Gasteiger partial charge on any atom is -0.462 e. The summed E-state index contributed by atoms with van der Waals surface area (Å²) in [6, 6.07) is 0. The number of nitrogens with one attached hydrogen (secondary N) is 1. The summed E-state index contributed by atoms with van der Waals surface area (Å²) in [7, 11) is 0. The Kier molecular flexibility index (Phi) is 3.86. The van der Waals surface area contributed by atoms with Crippen molar-refractivity contribution in [3.8, 4) is 0 Å². The summed E-state index contributed by atoms with van der Waals surface area (Å²) in [5.41, 5.74) is 3.10. The van der Waals surface area contributed by atoms with E-state index in [9.17, 15) is 9.59 Å². The number of fused-ring (bicyclic) bond motifs is 5. The Labute approximate surface area is 150 Å². The molecule has 0 aromatic carbocycles. The van der Waals surface area contributed by atoms with Crippen molar-refractivity contribution in [1.82, 2.24) is 5.32 Å². The van der Waals surface area contributed by atoms with E-state index in [-0.39, 0.29) is 28.9 Å².